The lowest BCUT2D eigenvalue weighted by Crippen LogP contribution is -2.38. The van der Waals surface area contributed by atoms with Gasteiger partial charge in [0.2, 0.25) is 5.91 Å². The second-order valence-electron chi connectivity index (χ2n) is 7.47. The van der Waals surface area contributed by atoms with Crippen LogP contribution in [-0.2, 0) is 11.8 Å². The lowest BCUT2D eigenvalue weighted by Gasteiger charge is -2.30. The van der Waals surface area contributed by atoms with Gasteiger partial charge in [-0.15, -0.1) is 10.2 Å². The Morgan fingerprint density at radius 1 is 0.966 bits per heavy atom. The molecule has 2 aromatic carbocycles. The minimum Gasteiger partial charge on any atom is -0.341 e. The standard InChI is InChI=1S/C23H26N4OS/c1-17-11-7-8-14-19(17)21-24-25-23(26(21)2)29-20(18-12-5-3-6-13-18)22(28)27-15-9-4-10-16-27/h3,5-8,11-14,20H,4,9-10,15-16H2,1-2H3/t20-/m1/s1. The number of thioether (sulfide) groups is 1. The van der Waals surface area contributed by atoms with Crippen molar-refractivity contribution in [3.05, 3.63) is 65.7 Å². The summed E-state index contributed by atoms with van der Waals surface area (Å²) in [5.74, 6) is 0.990. The van der Waals surface area contributed by atoms with E-state index in [0.717, 1.165) is 53.6 Å². The van der Waals surface area contributed by atoms with Gasteiger partial charge >= 0.3 is 0 Å². The van der Waals surface area contributed by atoms with Crippen LogP contribution >= 0.6 is 11.8 Å². The molecule has 29 heavy (non-hydrogen) atoms. The van der Waals surface area contributed by atoms with E-state index in [9.17, 15) is 4.79 Å². The van der Waals surface area contributed by atoms with Crippen LogP contribution in [0.25, 0.3) is 11.4 Å². The molecule has 1 fully saturated rings. The molecule has 0 bridgehead atoms. The quantitative estimate of drug-likeness (QED) is 0.580. The largest absolute Gasteiger partial charge is 0.341 e. The van der Waals surface area contributed by atoms with Crippen molar-refractivity contribution < 1.29 is 4.79 Å². The van der Waals surface area contributed by atoms with Crippen molar-refractivity contribution in [2.75, 3.05) is 13.1 Å². The van der Waals surface area contributed by atoms with Crippen molar-refractivity contribution in [1.29, 1.82) is 0 Å². The fourth-order valence-corrected chi connectivity index (χ4v) is 4.84. The molecule has 0 unspecified atom stereocenters. The van der Waals surface area contributed by atoms with Crippen LogP contribution in [0.5, 0.6) is 0 Å². The molecule has 6 heteroatoms. The molecule has 1 saturated heterocycles. The zero-order valence-electron chi connectivity index (χ0n) is 16.9. The number of aromatic nitrogens is 3. The molecule has 0 saturated carbocycles. The van der Waals surface area contributed by atoms with Crippen LogP contribution in [0.3, 0.4) is 0 Å². The maximum atomic E-state index is 13.4. The van der Waals surface area contributed by atoms with E-state index in [1.165, 1.54) is 18.2 Å². The van der Waals surface area contributed by atoms with Gasteiger partial charge in [-0.25, -0.2) is 0 Å². The molecule has 0 spiro atoms. The van der Waals surface area contributed by atoms with Crippen LogP contribution in [0.15, 0.2) is 59.8 Å². The Morgan fingerprint density at radius 3 is 2.38 bits per heavy atom. The third kappa shape index (κ3) is 4.22. The summed E-state index contributed by atoms with van der Waals surface area (Å²) < 4.78 is 1.99. The second-order valence-corrected chi connectivity index (χ2v) is 8.55. The summed E-state index contributed by atoms with van der Waals surface area (Å²) in [6.07, 6.45) is 3.37. The Bertz CT molecular complexity index is 980. The number of hydrogen-bond acceptors (Lipinski definition) is 4. The van der Waals surface area contributed by atoms with Gasteiger partial charge in [0.15, 0.2) is 11.0 Å². The van der Waals surface area contributed by atoms with E-state index in [2.05, 4.69) is 29.3 Å². The summed E-state index contributed by atoms with van der Waals surface area (Å²) in [6.45, 7) is 3.76. The predicted octanol–water partition coefficient (Wildman–Crippen LogP) is 4.64. The highest BCUT2D eigenvalue weighted by molar-refractivity contribution is 8.00. The maximum Gasteiger partial charge on any atom is 0.240 e. The molecule has 5 nitrogen and oxygen atoms in total. The van der Waals surface area contributed by atoms with E-state index >= 15 is 0 Å². The van der Waals surface area contributed by atoms with Gasteiger partial charge in [-0.3, -0.25) is 4.79 Å². The zero-order valence-corrected chi connectivity index (χ0v) is 17.7. The molecule has 3 aromatic rings. The van der Waals surface area contributed by atoms with Crippen molar-refractivity contribution in [2.45, 2.75) is 36.6 Å². The zero-order chi connectivity index (χ0) is 20.2. The fourth-order valence-electron chi connectivity index (χ4n) is 3.75. The highest BCUT2D eigenvalue weighted by Crippen LogP contribution is 2.37. The Labute approximate surface area is 176 Å². The number of carbonyl (C=O) groups is 1. The number of amides is 1. The number of likely N-dealkylation sites (tertiary alicyclic amines) is 1. The van der Waals surface area contributed by atoms with E-state index in [4.69, 9.17) is 0 Å². The van der Waals surface area contributed by atoms with Gasteiger partial charge in [0.05, 0.1) is 0 Å². The first kappa shape index (κ1) is 19.7. The van der Waals surface area contributed by atoms with Gasteiger partial charge in [-0.05, 0) is 37.3 Å². The Balaban J connectivity index is 1.65. The topological polar surface area (TPSA) is 51.0 Å². The van der Waals surface area contributed by atoms with Crippen LogP contribution in [0.2, 0.25) is 0 Å². The van der Waals surface area contributed by atoms with Crippen molar-refractivity contribution in [3.63, 3.8) is 0 Å². The van der Waals surface area contributed by atoms with Gasteiger partial charge in [0.1, 0.15) is 5.25 Å². The number of carbonyl (C=O) groups excluding carboxylic acids is 1. The molecule has 1 amide bonds. The number of benzene rings is 2. The van der Waals surface area contributed by atoms with Crippen LogP contribution < -0.4 is 0 Å². The molecule has 1 aliphatic heterocycles. The minimum atomic E-state index is -0.318. The number of aryl methyl sites for hydroxylation is 1. The normalized spacial score (nSPS) is 15.3. The molecule has 0 N–H and O–H groups in total. The molecular weight excluding hydrogens is 380 g/mol. The highest BCUT2D eigenvalue weighted by atomic mass is 32.2. The molecule has 150 valence electrons. The number of rotatable bonds is 5. The van der Waals surface area contributed by atoms with Crippen molar-refractivity contribution in [2.24, 2.45) is 7.05 Å². The maximum absolute atomic E-state index is 13.4. The second kappa shape index (κ2) is 8.82. The van der Waals surface area contributed by atoms with Gasteiger partial charge in [-0.1, -0.05) is 66.4 Å². The summed E-state index contributed by atoms with van der Waals surface area (Å²) in [5, 5.41) is 9.30. The van der Waals surface area contributed by atoms with E-state index in [1.807, 2.05) is 59.0 Å². The molecule has 1 aromatic heterocycles. The van der Waals surface area contributed by atoms with E-state index in [1.54, 1.807) is 0 Å². The van der Waals surface area contributed by atoms with E-state index in [0.29, 0.717) is 0 Å². The molecule has 0 radical (unpaired) electrons. The third-order valence-corrected chi connectivity index (χ3v) is 6.71. The lowest BCUT2D eigenvalue weighted by atomic mass is 10.1. The monoisotopic (exact) mass is 406 g/mol. The highest BCUT2D eigenvalue weighted by Gasteiger charge is 2.29. The molecular formula is C23H26N4OS. The van der Waals surface area contributed by atoms with Crippen molar-refractivity contribution in [1.82, 2.24) is 19.7 Å². The molecule has 4 rings (SSSR count). The summed E-state index contributed by atoms with van der Waals surface area (Å²) >= 11 is 1.49. The molecule has 1 atom stereocenters. The molecule has 0 aliphatic carbocycles. The number of nitrogens with zero attached hydrogens (tertiary/aromatic N) is 4. The number of hydrogen-bond donors (Lipinski definition) is 0. The average Bonchev–Trinajstić information content (AvgIpc) is 3.13. The Morgan fingerprint density at radius 2 is 1.66 bits per heavy atom. The number of piperidine rings is 1. The van der Waals surface area contributed by atoms with Crippen molar-refractivity contribution >= 4 is 17.7 Å². The smallest absolute Gasteiger partial charge is 0.240 e. The average molecular weight is 407 g/mol. The fraction of sp³-hybridized carbons (Fsp3) is 0.348. The van der Waals surface area contributed by atoms with E-state index in [-0.39, 0.29) is 11.2 Å². The summed E-state index contributed by atoms with van der Waals surface area (Å²) in [7, 11) is 1.97. The lowest BCUT2D eigenvalue weighted by molar-refractivity contribution is -0.131. The van der Waals surface area contributed by atoms with Crippen LogP contribution in [0.1, 0.15) is 35.6 Å². The van der Waals surface area contributed by atoms with Crippen LogP contribution in [0.4, 0.5) is 0 Å². The SMILES string of the molecule is Cc1ccccc1-c1nnc(S[C@@H](C(=O)N2CCCCC2)c2ccccc2)n1C. The molecule has 2 heterocycles. The predicted molar refractivity (Wildman–Crippen MR) is 117 cm³/mol. The third-order valence-electron chi connectivity index (χ3n) is 5.44. The first-order valence-corrected chi connectivity index (χ1v) is 11.0. The summed E-state index contributed by atoms with van der Waals surface area (Å²) in [4.78, 5) is 15.4. The first-order valence-electron chi connectivity index (χ1n) is 10.1. The van der Waals surface area contributed by atoms with Gasteiger partial charge in [0, 0.05) is 25.7 Å². The van der Waals surface area contributed by atoms with Crippen LogP contribution in [-0.4, -0.2) is 38.7 Å². The van der Waals surface area contributed by atoms with Gasteiger partial charge < -0.3 is 9.47 Å². The summed E-state index contributed by atoms with van der Waals surface area (Å²) in [6, 6.07) is 18.2. The molecule has 1 aliphatic rings. The van der Waals surface area contributed by atoms with Gasteiger partial charge in [-0.2, -0.15) is 0 Å². The van der Waals surface area contributed by atoms with Crippen molar-refractivity contribution in [3.8, 4) is 11.4 Å². The Kier molecular flexibility index (Phi) is 6.00. The van der Waals surface area contributed by atoms with Crippen LogP contribution in [0, 0.1) is 6.92 Å². The van der Waals surface area contributed by atoms with Gasteiger partial charge in [0.25, 0.3) is 0 Å². The summed E-state index contributed by atoms with van der Waals surface area (Å²) in [5.41, 5.74) is 3.23. The van der Waals surface area contributed by atoms with E-state index < -0.39 is 0 Å². The Hall–Kier alpha value is -2.60. The first-order chi connectivity index (χ1) is 14.1. The minimum absolute atomic E-state index is 0.168.